The summed E-state index contributed by atoms with van der Waals surface area (Å²) in [5, 5.41) is 3.58. The number of aromatic nitrogens is 2. The summed E-state index contributed by atoms with van der Waals surface area (Å²) in [6.07, 6.45) is 5.02. The number of nitrogens with zero attached hydrogens (tertiary/aromatic N) is 3. The van der Waals surface area contributed by atoms with Crippen LogP contribution in [0, 0.1) is 5.92 Å². The molecule has 2 unspecified atom stereocenters. The fraction of sp³-hybridized carbons (Fsp3) is 0.769. The lowest BCUT2D eigenvalue weighted by molar-refractivity contribution is 0.187. The maximum Gasteiger partial charge on any atom is 0.203 e. The number of anilines is 1. The first-order valence-corrected chi connectivity index (χ1v) is 6.66. The molecule has 0 aliphatic carbocycles. The van der Waals surface area contributed by atoms with Crippen LogP contribution in [0.3, 0.4) is 0 Å². The number of rotatable bonds is 5. The Labute approximate surface area is 109 Å². The number of methoxy groups -OCH3 is 1. The average molecular weight is 252 g/mol. The molecule has 5 heteroatoms. The molecule has 2 rings (SSSR count). The molecule has 0 spiro atoms. The number of imidazole rings is 1. The minimum absolute atomic E-state index is 0.518. The van der Waals surface area contributed by atoms with E-state index in [4.69, 9.17) is 4.74 Å². The molecule has 1 aromatic heterocycles. The van der Waals surface area contributed by atoms with Gasteiger partial charge >= 0.3 is 0 Å². The Kier molecular flexibility index (Phi) is 4.60. The fourth-order valence-electron chi connectivity index (χ4n) is 2.55. The summed E-state index contributed by atoms with van der Waals surface area (Å²) in [7, 11) is 3.91. The van der Waals surface area contributed by atoms with Gasteiger partial charge in [-0.25, -0.2) is 4.98 Å². The molecule has 1 N–H and O–H groups in total. The first-order chi connectivity index (χ1) is 8.70. The van der Waals surface area contributed by atoms with E-state index in [2.05, 4.69) is 33.7 Å². The van der Waals surface area contributed by atoms with E-state index in [1.807, 2.05) is 12.4 Å². The van der Waals surface area contributed by atoms with E-state index >= 15 is 0 Å². The zero-order chi connectivity index (χ0) is 13.0. The predicted molar refractivity (Wildman–Crippen MR) is 72.8 cm³/mol. The number of ether oxygens (including phenoxy) is 1. The molecule has 1 aliphatic heterocycles. The van der Waals surface area contributed by atoms with Crippen molar-refractivity contribution in [1.29, 1.82) is 0 Å². The van der Waals surface area contributed by atoms with Crippen molar-refractivity contribution in [1.82, 2.24) is 14.5 Å². The Morgan fingerprint density at radius 1 is 1.56 bits per heavy atom. The molecule has 0 radical (unpaired) electrons. The third-order valence-electron chi connectivity index (χ3n) is 3.67. The van der Waals surface area contributed by atoms with Gasteiger partial charge in [-0.3, -0.25) is 0 Å². The molecule has 2 heterocycles. The third kappa shape index (κ3) is 3.23. The van der Waals surface area contributed by atoms with Crippen LogP contribution in [0.25, 0.3) is 0 Å². The van der Waals surface area contributed by atoms with E-state index in [0.717, 1.165) is 25.6 Å². The van der Waals surface area contributed by atoms with Crippen LogP contribution in [0.2, 0.25) is 0 Å². The zero-order valence-corrected chi connectivity index (χ0v) is 11.6. The van der Waals surface area contributed by atoms with Gasteiger partial charge in [-0.05, 0) is 25.9 Å². The van der Waals surface area contributed by atoms with E-state index in [1.165, 1.54) is 6.42 Å². The van der Waals surface area contributed by atoms with E-state index in [9.17, 15) is 0 Å². The molecule has 18 heavy (non-hydrogen) atoms. The highest BCUT2D eigenvalue weighted by atomic mass is 16.5. The first-order valence-electron chi connectivity index (χ1n) is 6.66. The summed E-state index contributed by atoms with van der Waals surface area (Å²) in [5.74, 6) is 1.62. The second-order valence-corrected chi connectivity index (χ2v) is 5.22. The van der Waals surface area contributed by atoms with Gasteiger partial charge in [0.15, 0.2) is 0 Å². The lowest BCUT2D eigenvalue weighted by Crippen LogP contribution is -2.43. The molecule has 1 aromatic rings. The van der Waals surface area contributed by atoms with Gasteiger partial charge in [0.05, 0.1) is 6.61 Å². The number of nitrogens with one attached hydrogen (secondary N) is 1. The van der Waals surface area contributed by atoms with Crippen molar-refractivity contribution in [3.8, 4) is 0 Å². The summed E-state index contributed by atoms with van der Waals surface area (Å²) in [6, 6.07) is 0.518. The van der Waals surface area contributed by atoms with Gasteiger partial charge in [0.1, 0.15) is 0 Å². The fourth-order valence-corrected chi connectivity index (χ4v) is 2.55. The minimum atomic E-state index is 0.518. The summed E-state index contributed by atoms with van der Waals surface area (Å²) in [4.78, 5) is 6.79. The molecular weight excluding hydrogens is 228 g/mol. The topological polar surface area (TPSA) is 42.3 Å². The minimum Gasteiger partial charge on any atom is -0.383 e. The maximum atomic E-state index is 5.11. The van der Waals surface area contributed by atoms with Crippen molar-refractivity contribution in [3.05, 3.63) is 12.4 Å². The highest BCUT2D eigenvalue weighted by molar-refractivity contribution is 5.28. The van der Waals surface area contributed by atoms with Crippen molar-refractivity contribution in [2.24, 2.45) is 5.92 Å². The molecule has 0 aromatic carbocycles. The number of piperidine rings is 1. The van der Waals surface area contributed by atoms with E-state index in [1.54, 1.807) is 7.11 Å². The second kappa shape index (κ2) is 6.20. The predicted octanol–water partition coefficient (Wildman–Crippen LogP) is 1.28. The van der Waals surface area contributed by atoms with Crippen LogP contribution in [0.1, 0.15) is 13.3 Å². The number of likely N-dealkylation sites (tertiary alicyclic amines) is 1. The van der Waals surface area contributed by atoms with Gasteiger partial charge < -0.3 is 19.5 Å². The summed E-state index contributed by atoms with van der Waals surface area (Å²) < 4.78 is 7.23. The van der Waals surface area contributed by atoms with Gasteiger partial charge in [0.2, 0.25) is 5.95 Å². The monoisotopic (exact) mass is 252 g/mol. The van der Waals surface area contributed by atoms with Crippen LogP contribution in [0.4, 0.5) is 5.95 Å². The van der Waals surface area contributed by atoms with Gasteiger partial charge in [0.25, 0.3) is 0 Å². The van der Waals surface area contributed by atoms with Gasteiger partial charge in [-0.1, -0.05) is 6.92 Å². The van der Waals surface area contributed by atoms with E-state index in [-0.39, 0.29) is 0 Å². The molecule has 1 fully saturated rings. The highest BCUT2D eigenvalue weighted by Crippen LogP contribution is 2.19. The Morgan fingerprint density at radius 2 is 2.39 bits per heavy atom. The molecule has 2 atom stereocenters. The van der Waals surface area contributed by atoms with Gasteiger partial charge in [-0.15, -0.1) is 0 Å². The maximum absolute atomic E-state index is 5.11. The lowest BCUT2D eigenvalue weighted by Gasteiger charge is -2.35. The van der Waals surface area contributed by atoms with Crippen LogP contribution < -0.4 is 5.32 Å². The second-order valence-electron chi connectivity index (χ2n) is 5.22. The zero-order valence-electron chi connectivity index (χ0n) is 11.6. The van der Waals surface area contributed by atoms with Crippen molar-refractivity contribution in [2.75, 3.05) is 39.2 Å². The van der Waals surface area contributed by atoms with Crippen molar-refractivity contribution < 1.29 is 4.74 Å². The molecule has 1 saturated heterocycles. The normalized spacial score (nSPS) is 25.3. The van der Waals surface area contributed by atoms with Crippen LogP contribution in [-0.4, -0.2) is 54.3 Å². The molecule has 0 amide bonds. The summed E-state index contributed by atoms with van der Waals surface area (Å²) in [5.41, 5.74) is 0. The molecular formula is C13H24N4O. The Balaban J connectivity index is 1.94. The van der Waals surface area contributed by atoms with Gasteiger partial charge in [-0.2, -0.15) is 0 Å². The molecule has 0 saturated carbocycles. The van der Waals surface area contributed by atoms with Crippen molar-refractivity contribution in [2.45, 2.75) is 25.9 Å². The third-order valence-corrected chi connectivity index (χ3v) is 3.67. The quantitative estimate of drug-likeness (QED) is 0.857. The molecule has 102 valence electrons. The first kappa shape index (κ1) is 13.4. The summed E-state index contributed by atoms with van der Waals surface area (Å²) in [6.45, 7) is 6.17. The smallest absolute Gasteiger partial charge is 0.203 e. The number of hydrogen-bond donors (Lipinski definition) is 1. The standard InChI is InChI=1S/C13H24N4O/c1-11-10-16(2)6-4-12(11)15-13-14-5-7-17(13)8-9-18-3/h5,7,11-12H,4,6,8-10H2,1-3H3,(H,14,15). The van der Waals surface area contributed by atoms with Crippen LogP contribution in [-0.2, 0) is 11.3 Å². The van der Waals surface area contributed by atoms with E-state index in [0.29, 0.717) is 18.6 Å². The van der Waals surface area contributed by atoms with Crippen LogP contribution in [0.15, 0.2) is 12.4 Å². The average Bonchev–Trinajstić information content (AvgIpc) is 2.77. The molecule has 1 aliphatic rings. The lowest BCUT2D eigenvalue weighted by atomic mass is 9.94. The van der Waals surface area contributed by atoms with Crippen LogP contribution >= 0.6 is 0 Å². The van der Waals surface area contributed by atoms with Crippen LogP contribution in [0.5, 0.6) is 0 Å². The molecule has 0 bridgehead atoms. The molecule has 5 nitrogen and oxygen atoms in total. The van der Waals surface area contributed by atoms with E-state index < -0.39 is 0 Å². The van der Waals surface area contributed by atoms with Crippen molar-refractivity contribution in [3.63, 3.8) is 0 Å². The highest BCUT2D eigenvalue weighted by Gasteiger charge is 2.24. The Morgan fingerprint density at radius 3 is 3.11 bits per heavy atom. The SMILES string of the molecule is COCCn1ccnc1NC1CCN(C)CC1C. The largest absolute Gasteiger partial charge is 0.383 e. The summed E-state index contributed by atoms with van der Waals surface area (Å²) >= 11 is 0. The Bertz CT molecular complexity index is 366. The van der Waals surface area contributed by atoms with Gasteiger partial charge in [0, 0.05) is 38.6 Å². The van der Waals surface area contributed by atoms with Crippen molar-refractivity contribution >= 4 is 5.95 Å². The Hall–Kier alpha value is -1.07. The number of hydrogen-bond acceptors (Lipinski definition) is 4.